The molecular formula is C15H10F2N2. The van der Waals surface area contributed by atoms with Gasteiger partial charge in [0.05, 0.1) is 5.52 Å². The molecule has 4 heteroatoms. The maximum Gasteiger partial charge on any atom is 0.160 e. The summed E-state index contributed by atoms with van der Waals surface area (Å²) in [6, 6.07) is 10.3. The molecule has 0 saturated heterocycles. The molecular weight excluding hydrogens is 246 g/mol. The van der Waals surface area contributed by atoms with Crippen LogP contribution in [0.2, 0.25) is 0 Å². The largest absolute Gasteiger partial charge is 0.233 e. The van der Waals surface area contributed by atoms with Crippen LogP contribution < -0.4 is 0 Å². The lowest BCUT2D eigenvalue weighted by atomic mass is 10.1. The summed E-state index contributed by atoms with van der Waals surface area (Å²) in [7, 11) is 0. The molecule has 0 aliphatic heterocycles. The highest BCUT2D eigenvalue weighted by atomic mass is 19.1. The van der Waals surface area contributed by atoms with Crippen molar-refractivity contribution in [3.63, 3.8) is 0 Å². The second kappa shape index (κ2) is 4.39. The third-order valence-corrected chi connectivity index (χ3v) is 2.95. The van der Waals surface area contributed by atoms with Crippen molar-refractivity contribution in [2.75, 3.05) is 0 Å². The summed E-state index contributed by atoms with van der Waals surface area (Å²) >= 11 is 0. The summed E-state index contributed by atoms with van der Waals surface area (Å²) in [4.78, 5) is 8.70. The van der Waals surface area contributed by atoms with Gasteiger partial charge in [-0.25, -0.2) is 18.7 Å². The monoisotopic (exact) mass is 256 g/mol. The van der Waals surface area contributed by atoms with Gasteiger partial charge in [-0.2, -0.15) is 0 Å². The van der Waals surface area contributed by atoms with Gasteiger partial charge in [-0.05, 0) is 43.3 Å². The summed E-state index contributed by atoms with van der Waals surface area (Å²) in [5.74, 6) is -0.182. The molecule has 3 rings (SSSR count). The summed E-state index contributed by atoms with van der Waals surface area (Å²) in [5, 5.41) is 0.812. The second-order valence-corrected chi connectivity index (χ2v) is 4.30. The summed E-state index contributed by atoms with van der Waals surface area (Å²) in [6.45, 7) is 1.84. The topological polar surface area (TPSA) is 25.8 Å². The number of rotatable bonds is 1. The zero-order chi connectivity index (χ0) is 13.4. The van der Waals surface area contributed by atoms with Gasteiger partial charge >= 0.3 is 0 Å². The first kappa shape index (κ1) is 11.7. The fourth-order valence-electron chi connectivity index (χ4n) is 1.99. The Labute approximate surface area is 108 Å². The van der Waals surface area contributed by atoms with Gasteiger partial charge in [0, 0.05) is 22.7 Å². The molecule has 0 amide bonds. The SMILES string of the molecule is Cc1nc(-c2ccc(F)cc2)nc2cc(F)ccc12. The van der Waals surface area contributed by atoms with Crippen LogP contribution in [0.3, 0.4) is 0 Å². The third kappa shape index (κ3) is 2.17. The molecule has 0 unspecified atom stereocenters. The second-order valence-electron chi connectivity index (χ2n) is 4.30. The number of hydrogen-bond acceptors (Lipinski definition) is 2. The first-order valence-corrected chi connectivity index (χ1v) is 5.83. The Morgan fingerprint density at radius 1 is 0.842 bits per heavy atom. The van der Waals surface area contributed by atoms with E-state index < -0.39 is 0 Å². The molecule has 2 aromatic carbocycles. The van der Waals surface area contributed by atoms with Gasteiger partial charge in [0.15, 0.2) is 5.82 Å². The van der Waals surface area contributed by atoms with Gasteiger partial charge < -0.3 is 0 Å². The zero-order valence-corrected chi connectivity index (χ0v) is 10.2. The molecule has 0 aliphatic rings. The lowest BCUT2D eigenvalue weighted by Gasteiger charge is -2.05. The molecule has 0 fully saturated rings. The maximum atomic E-state index is 13.2. The van der Waals surface area contributed by atoms with Crippen LogP contribution in [0, 0.1) is 18.6 Å². The minimum atomic E-state index is -0.337. The van der Waals surface area contributed by atoms with E-state index in [4.69, 9.17) is 0 Å². The van der Waals surface area contributed by atoms with Crippen LogP contribution in [-0.4, -0.2) is 9.97 Å². The number of hydrogen-bond donors (Lipinski definition) is 0. The van der Waals surface area contributed by atoms with Crippen molar-refractivity contribution in [1.82, 2.24) is 9.97 Å². The van der Waals surface area contributed by atoms with E-state index in [-0.39, 0.29) is 11.6 Å². The van der Waals surface area contributed by atoms with E-state index in [9.17, 15) is 8.78 Å². The molecule has 0 bridgehead atoms. The van der Waals surface area contributed by atoms with Crippen LogP contribution in [0.4, 0.5) is 8.78 Å². The molecule has 0 radical (unpaired) electrons. The fourth-order valence-corrected chi connectivity index (χ4v) is 1.99. The lowest BCUT2D eigenvalue weighted by Crippen LogP contribution is -1.95. The molecule has 1 heterocycles. The fraction of sp³-hybridized carbons (Fsp3) is 0.0667. The number of halogens is 2. The summed E-state index contributed by atoms with van der Waals surface area (Å²) < 4.78 is 26.1. The molecule has 0 aliphatic carbocycles. The standard InChI is InChI=1S/C15H10F2N2/c1-9-13-7-6-12(17)8-14(13)19-15(18-9)10-2-4-11(16)5-3-10/h2-8H,1H3. The minimum absolute atomic E-state index is 0.313. The van der Waals surface area contributed by atoms with E-state index in [1.807, 2.05) is 6.92 Å². The average molecular weight is 256 g/mol. The van der Waals surface area contributed by atoms with E-state index in [0.29, 0.717) is 16.9 Å². The Morgan fingerprint density at radius 3 is 2.26 bits per heavy atom. The van der Waals surface area contributed by atoms with Gasteiger partial charge in [0.1, 0.15) is 11.6 Å². The van der Waals surface area contributed by atoms with Crippen molar-refractivity contribution >= 4 is 10.9 Å². The van der Waals surface area contributed by atoms with E-state index in [2.05, 4.69) is 9.97 Å². The molecule has 1 aromatic heterocycles. The average Bonchev–Trinajstić information content (AvgIpc) is 2.38. The van der Waals surface area contributed by atoms with Crippen molar-refractivity contribution in [2.24, 2.45) is 0 Å². The molecule has 0 atom stereocenters. The highest BCUT2D eigenvalue weighted by Gasteiger charge is 2.07. The maximum absolute atomic E-state index is 13.2. The number of benzene rings is 2. The van der Waals surface area contributed by atoms with Crippen LogP contribution in [0.5, 0.6) is 0 Å². The van der Waals surface area contributed by atoms with Crippen LogP contribution in [0.15, 0.2) is 42.5 Å². The predicted octanol–water partition coefficient (Wildman–Crippen LogP) is 3.88. The first-order valence-electron chi connectivity index (χ1n) is 5.83. The molecule has 0 saturated carbocycles. The van der Waals surface area contributed by atoms with E-state index in [1.54, 1.807) is 18.2 Å². The van der Waals surface area contributed by atoms with E-state index in [1.165, 1.54) is 24.3 Å². The lowest BCUT2D eigenvalue weighted by molar-refractivity contribution is 0.628. The van der Waals surface area contributed by atoms with Gasteiger partial charge in [-0.1, -0.05) is 0 Å². The van der Waals surface area contributed by atoms with Crippen molar-refractivity contribution < 1.29 is 8.78 Å². The zero-order valence-electron chi connectivity index (χ0n) is 10.2. The van der Waals surface area contributed by atoms with Crippen LogP contribution in [0.1, 0.15) is 5.69 Å². The Morgan fingerprint density at radius 2 is 1.53 bits per heavy atom. The highest BCUT2D eigenvalue weighted by molar-refractivity contribution is 5.82. The van der Waals surface area contributed by atoms with Crippen molar-refractivity contribution in [3.8, 4) is 11.4 Å². The van der Waals surface area contributed by atoms with Crippen LogP contribution in [-0.2, 0) is 0 Å². The van der Waals surface area contributed by atoms with Gasteiger partial charge in [0.2, 0.25) is 0 Å². The van der Waals surface area contributed by atoms with E-state index in [0.717, 1.165) is 11.1 Å². The molecule has 0 N–H and O–H groups in total. The summed E-state index contributed by atoms with van der Waals surface area (Å²) in [6.07, 6.45) is 0. The predicted molar refractivity (Wildman–Crippen MR) is 69.6 cm³/mol. The third-order valence-electron chi connectivity index (χ3n) is 2.95. The van der Waals surface area contributed by atoms with Crippen LogP contribution in [0.25, 0.3) is 22.3 Å². The van der Waals surface area contributed by atoms with E-state index >= 15 is 0 Å². The van der Waals surface area contributed by atoms with Gasteiger partial charge in [0.25, 0.3) is 0 Å². The normalized spacial score (nSPS) is 10.9. The molecule has 3 aromatic rings. The number of aromatic nitrogens is 2. The number of aryl methyl sites for hydroxylation is 1. The summed E-state index contributed by atoms with van der Waals surface area (Å²) in [5.41, 5.74) is 2.02. The number of fused-ring (bicyclic) bond motifs is 1. The quantitative estimate of drug-likeness (QED) is 0.660. The van der Waals surface area contributed by atoms with Crippen molar-refractivity contribution in [3.05, 3.63) is 59.8 Å². The Balaban J connectivity index is 2.22. The van der Waals surface area contributed by atoms with Gasteiger partial charge in [-0.3, -0.25) is 0 Å². The van der Waals surface area contributed by atoms with Crippen LogP contribution >= 0.6 is 0 Å². The first-order chi connectivity index (χ1) is 9.13. The smallest absolute Gasteiger partial charge is 0.160 e. The Bertz CT molecular complexity index is 752. The minimum Gasteiger partial charge on any atom is -0.233 e. The molecule has 19 heavy (non-hydrogen) atoms. The molecule has 2 nitrogen and oxygen atoms in total. The highest BCUT2D eigenvalue weighted by Crippen LogP contribution is 2.22. The Hall–Kier alpha value is -2.36. The van der Waals surface area contributed by atoms with Crippen molar-refractivity contribution in [1.29, 1.82) is 0 Å². The van der Waals surface area contributed by atoms with Gasteiger partial charge in [-0.15, -0.1) is 0 Å². The molecule has 94 valence electrons. The molecule has 0 spiro atoms. The van der Waals surface area contributed by atoms with Crippen molar-refractivity contribution in [2.45, 2.75) is 6.92 Å². The Kier molecular flexibility index (Phi) is 2.71. The number of nitrogens with zero attached hydrogens (tertiary/aromatic N) is 2.